The molecule has 1 atom stereocenters. The standard InChI is InChI=1S/C15H17N3O2/c1-9-4-7-13(20-9)14(16)10-5-6-11-12(8-10)18(3)15(19)17(11)2/h4-8,14H,16H2,1-3H3. The molecule has 0 spiro atoms. The van der Waals surface area contributed by atoms with E-state index in [1.165, 1.54) is 0 Å². The van der Waals surface area contributed by atoms with Gasteiger partial charge in [-0.15, -0.1) is 0 Å². The molecule has 0 saturated carbocycles. The minimum absolute atomic E-state index is 0.0421. The van der Waals surface area contributed by atoms with E-state index in [-0.39, 0.29) is 11.7 Å². The van der Waals surface area contributed by atoms with Crippen LogP contribution in [0.3, 0.4) is 0 Å². The molecule has 0 aliphatic heterocycles. The van der Waals surface area contributed by atoms with Crippen molar-refractivity contribution in [1.82, 2.24) is 9.13 Å². The topological polar surface area (TPSA) is 66.1 Å². The van der Waals surface area contributed by atoms with Crippen molar-refractivity contribution in [3.8, 4) is 0 Å². The summed E-state index contributed by atoms with van der Waals surface area (Å²) < 4.78 is 8.82. The Balaban J connectivity index is 2.14. The van der Waals surface area contributed by atoms with Gasteiger partial charge in [0.15, 0.2) is 0 Å². The van der Waals surface area contributed by atoms with Crippen LogP contribution in [0.15, 0.2) is 39.5 Å². The summed E-state index contributed by atoms with van der Waals surface area (Å²) in [4.78, 5) is 11.9. The number of hydrogen-bond acceptors (Lipinski definition) is 3. The van der Waals surface area contributed by atoms with Crippen LogP contribution in [0.25, 0.3) is 11.0 Å². The lowest BCUT2D eigenvalue weighted by molar-refractivity contribution is 0.466. The fourth-order valence-corrected chi connectivity index (χ4v) is 2.50. The molecule has 2 aromatic heterocycles. The molecule has 20 heavy (non-hydrogen) atoms. The lowest BCUT2D eigenvalue weighted by Gasteiger charge is -2.09. The molecule has 0 saturated heterocycles. The summed E-state index contributed by atoms with van der Waals surface area (Å²) in [7, 11) is 3.52. The molecule has 5 nitrogen and oxygen atoms in total. The zero-order chi connectivity index (χ0) is 14.4. The van der Waals surface area contributed by atoms with E-state index < -0.39 is 0 Å². The Morgan fingerprint density at radius 2 is 1.80 bits per heavy atom. The fourth-order valence-electron chi connectivity index (χ4n) is 2.50. The summed E-state index contributed by atoms with van der Waals surface area (Å²) in [6.45, 7) is 1.89. The predicted octanol–water partition coefficient (Wildman–Crippen LogP) is 1.83. The van der Waals surface area contributed by atoms with Gasteiger partial charge in [0.05, 0.1) is 17.1 Å². The molecule has 0 aliphatic carbocycles. The van der Waals surface area contributed by atoms with Gasteiger partial charge in [0, 0.05) is 14.1 Å². The second-order valence-corrected chi connectivity index (χ2v) is 5.07. The molecule has 3 aromatic rings. The van der Waals surface area contributed by atoms with Crippen LogP contribution >= 0.6 is 0 Å². The number of nitrogens with zero attached hydrogens (tertiary/aromatic N) is 2. The van der Waals surface area contributed by atoms with Crippen molar-refractivity contribution < 1.29 is 4.42 Å². The summed E-state index contributed by atoms with van der Waals surface area (Å²) in [5.41, 5.74) is 8.87. The van der Waals surface area contributed by atoms with E-state index >= 15 is 0 Å². The van der Waals surface area contributed by atoms with Crippen LogP contribution in [0, 0.1) is 6.92 Å². The van der Waals surface area contributed by atoms with Crippen molar-refractivity contribution in [2.24, 2.45) is 19.8 Å². The number of nitrogens with two attached hydrogens (primary N) is 1. The SMILES string of the molecule is Cc1ccc(C(N)c2ccc3c(c2)n(C)c(=O)n3C)o1. The average molecular weight is 271 g/mol. The zero-order valence-electron chi connectivity index (χ0n) is 11.8. The van der Waals surface area contributed by atoms with E-state index in [9.17, 15) is 4.79 Å². The second-order valence-electron chi connectivity index (χ2n) is 5.07. The third-order valence-electron chi connectivity index (χ3n) is 3.72. The van der Waals surface area contributed by atoms with Crippen molar-refractivity contribution in [2.45, 2.75) is 13.0 Å². The molecule has 0 fully saturated rings. The number of furan rings is 1. The number of hydrogen-bond donors (Lipinski definition) is 1. The average Bonchev–Trinajstić information content (AvgIpc) is 2.97. The van der Waals surface area contributed by atoms with Crippen LogP contribution in [-0.4, -0.2) is 9.13 Å². The van der Waals surface area contributed by atoms with Gasteiger partial charge in [-0.1, -0.05) is 6.07 Å². The van der Waals surface area contributed by atoms with Crippen molar-refractivity contribution >= 4 is 11.0 Å². The maximum Gasteiger partial charge on any atom is 0.328 e. The van der Waals surface area contributed by atoms with E-state index in [2.05, 4.69) is 0 Å². The van der Waals surface area contributed by atoms with Gasteiger partial charge < -0.3 is 10.2 Å². The number of aryl methyl sites for hydroxylation is 3. The minimum Gasteiger partial charge on any atom is -0.464 e. The first-order valence-corrected chi connectivity index (χ1v) is 6.46. The molecule has 1 aromatic carbocycles. The Hall–Kier alpha value is -2.27. The Morgan fingerprint density at radius 1 is 1.10 bits per heavy atom. The van der Waals surface area contributed by atoms with Gasteiger partial charge >= 0.3 is 5.69 Å². The zero-order valence-corrected chi connectivity index (χ0v) is 11.8. The third kappa shape index (κ3) is 1.78. The Bertz CT molecular complexity index is 839. The van der Waals surface area contributed by atoms with Crippen molar-refractivity contribution in [2.75, 3.05) is 0 Å². The number of imidazole rings is 1. The first-order chi connectivity index (χ1) is 9.49. The molecule has 2 N–H and O–H groups in total. The van der Waals surface area contributed by atoms with Gasteiger partial charge in [-0.25, -0.2) is 4.79 Å². The first-order valence-electron chi connectivity index (χ1n) is 6.46. The summed E-state index contributed by atoms with van der Waals surface area (Å²) in [5, 5.41) is 0. The van der Waals surface area contributed by atoms with Gasteiger partial charge in [-0.05, 0) is 36.8 Å². The highest BCUT2D eigenvalue weighted by atomic mass is 16.3. The van der Waals surface area contributed by atoms with Crippen molar-refractivity contribution in [3.63, 3.8) is 0 Å². The molecule has 2 heterocycles. The van der Waals surface area contributed by atoms with E-state index in [4.69, 9.17) is 10.2 Å². The van der Waals surface area contributed by atoms with Crippen LogP contribution in [0.1, 0.15) is 23.1 Å². The van der Waals surface area contributed by atoms with Crippen LogP contribution in [-0.2, 0) is 14.1 Å². The Morgan fingerprint density at radius 3 is 2.45 bits per heavy atom. The monoisotopic (exact) mass is 271 g/mol. The fraction of sp³-hybridized carbons (Fsp3) is 0.267. The van der Waals surface area contributed by atoms with E-state index in [0.717, 1.165) is 28.1 Å². The first kappa shape index (κ1) is 12.7. The predicted molar refractivity (Wildman–Crippen MR) is 77.6 cm³/mol. The molecule has 3 rings (SSSR count). The van der Waals surface area contributed by atoms with Gasteiger partial charge in [0.2, 0.25) is 0 Å². The highest BCUT2D eigenvalue weighted by Gasteiger charge is 2.15. The molecule has 1 unspecified atom stereocenters. The normalized spacial score (nSPS) is 13.0. The summed E-state index contributed by atoms with van der Waals surface area (Å²) in [5.74, 6) is 1.56. The van der Waals surface area contributed by atoms with Crippen molar-refractivity contribution in [1.29, 1.82) is 0 Å². The van der Waals surface area contributed by atoms with Gasteiger partial charge in [0.25, 0.3) is 0 Å². The molecular formula is C15H17N3O2. The number of rotatable bonds is 2. The molecule has 0 amide bonds. The largest absolute Gasteiger partial charge is 0.464 e. The number of fused-ring (bicyclic) bond motifs is 1. The van der Waals surface area contributed by atoms with E-state index in [1.54, 1.807) is 23.2 Å². The molecule has 0 bridgehead atoms. The molecule has 0 radical (unpaired) electrons. The molecule has 0 aliphatic rings. The van der Waals surface area contributed by atoms with Gasteiger partial charge in [-0.2, -0.15) is 0 Å². The highest BCUT2D eigenvalue weighted by molar-refractivity contribution is 5.77. The van der Waals surface area contributed by atoms with Gasteiger partial charge in [0.1, 0.15) is 11.5 Å². The van der Waals surface area contributed by atoms with Crippen LogP contribution in [0.4, 0.5) is 0 Å². The molecule has 5 heteroatoms. The van der Waals surface area contributed by atoms with Crippen LogP contribution < -0.4 is 11.4 Å². The molecular weight excluding hydrogens is 254 g/mol. The molecule has 104 valence electrons. The van der Waals surface area contributed by atoms with E-state index in [0.29, 0.717) is 0 Å². The number of benzene rings is 1. The summed E-state index contributed by atoms with van der Waals surface area (Å²) in [6, 6.07) is 9.24. The number of aromatic nitrogens is 2. The minimum atomic E-state index is -0.330. The van der Waals surface area contributed by atoms with Gasteiger partial charge in [-0.3, -0.25) is 9.13 Å². The maximum absolute atomic E-state index is 11.9. The van der Waals surface area contributed by atoms with E-state index in [1.807, 2.05) is 37.3 Å². The quantitative estimate of drug-likeness (QED) is 0.773. The third-order valence-corrected chi connectivity index (χ3v) is 3.72. The van der Waals surface area contributed by atoms with Crippen LogP contribution in [0.5, 0.6) is 0 Å². The smallest absolute Gasteiger partial charge is 0.328 e. The Kier molecular flexibility index (Phi) is 2.79. The summed E-state index contributed by atoms with van der Waals surface area (Å²) >= 11 is 0. The lowest BCUT2D eigenvalue weighted by Crippen LogP contribution is -2.19. The maximum atomic E-state index is 11.9. The Labute approximate surface area is 116 Å². The highest BCUT2D eigenvalue weighted by Crippen LogP contribution is 2.24. The summed E-state index contributed by atoms with van der Waals surface area (Å²) in [6.07, 6.45) is 0. The van der Waals surface area contributed by atoms with Crippen molar-refractivity contribution in [3.05, 3.63) is 57.9 Å². The van der Waals surface area contributed by atoms with Crippen LogP contribution in [0.2, 0.25) is 0 Å². The second kappa shape index (κ2) is 4.38. The lowest BCUT2D eigenvalue weighted by atomic mass is 10.0.